The van der Waals surface area contributed by atoms with E-state index in [1.165, 1.54) is 23.9 Å². The molecule has 0 saturated carbocycles. The first-order valence-electron chi connectivity index (χ1n) is 4.15. The average molecular weight is 240 g/mol. The van der Waals surface area contributed by atoms with Gasteiger partial charge in [-0.3, -0.25) is 0 Å². The average Bonchev–Trinajstić information content (AvgIpc) is 2.71. The third kappa shape index (κ3) is 2.68. The zero-order chi connectivity index (χ0) is 10.7. The van der Waals surface area contributed by atoms with Crippen LogP contribution in [0, 0.1) is 0 Å². The third-order valence-electron chi connectivity index (χ3n) is 1.69. The quantitative estimate of drug-likeness (QED) is 0.791. The van der Waals surface area contributed by atoms with E-state index < -0.39 is 5.97 Å². The summed E-state index contributed by atoms with van der Waals surface area (Å²) in [5.41, 5.74) is 3.31. The number of rotatable bonds is 3. The van der Waals surface area contributed by atoms with Crippen LogP contribution in [0.4, 0.5) is 0 Å². The van der Waals surface area contributed by atoms with Gasteiger partial charge in [-0.25, -0.2) is 4.79 Å². The summed E-state index contributed by atoms with van der Waals surface area (Å²) in [4.78, 5) is 11.6. The molecule has 0 aromatic heterocycles. The Kier molecular flexibility index (Phi) is 3.20. The number of aromatic carboxylic acids is 1. The lowest BCUT2D eigenvalue weighted by molar-refractivity contribution is 0.0697. The van der Waals surface area contributed by atoms with Crippen molar-refractivity contribution in [2.24, 2.45) is 0 Å². The zero-order valence-electron chi connectivity index (χ0n) is 7.58. The summed E-state index contributed by atoms with van der Waals surface area (Å²) < 4.78 is 1.87. The molecule has 1 aromatic rings. The van der Waals surface area contributed by atoms with Crippen molar-refractivity contribution in [3.63, 3.8) is 0 Å². The highest BCUT2D eigenvalue weighted by Crippen LogP contribution is 2.30. The smallest absolute Gasteiger partial charge is 0.335 e. The van der Waals surface area contributed by atoms with Gasteiger partial charge < -0.3 is 10.5 Å². The molecule has 78 valence electrons. The van der Waals surface area contributed by atoms with Crippen LogP contribution in [0.25, 0.3) is 0 Å². The molecule has 0 amide bonds. The van der Waals surface area contributed by atoms with Crippen molar-refractivity contribution in [1.29, 1.82) is 0 Å². The Balaban J connectivity index is 2.00. The Bertz CT molecular complexity index is 384. The fraction of sp³-hybridized carbons (Fsp3) is 0. The highest BCUT2D eigenvalue weighted by Gasteiger charge is 2.09. The summed E-state index contributed by atoms with van der Waals surface area (Å²) >= 11 is 3.04. The second-order valence-electron chi connectivity index (χ2n) is 2.72. The van der Waals surface area contributed by atoms with Crippen LogP contribution < -0.4 is 5.43 Å². The van der Waals surface area contributed by atoms with Gasteiger partial charge in [0.2, 0.25) is 0 Å². The first kappa shape index (κ1) is 10.4. The first-order chi connectivity index (χ1) is 7.25. The molecular formula is C9H8N2O2S2. The van der Waals surface area contributed by atoms with Crippen molar-refractivity contribution in [2.45, 2.75) is 4.90 Å². The van der Waals surface area contributed by atoms with Gasteiger partial charge in [-0.2, -0.15) is 0 Å². The Hall–Kier alpha value is -1.11. The minimum absolute atomic E-state index is 0.305. The molecule has 0 fully saturated rings. The summed E-state index contributed by atoms with van der Waals surface area (Å²) in [6.07, 6.45) is 1.84. The van der Waals surface area contributed by atoms with Gasteiger partial charge in [0, 0.05) is 16.5 Å². The molecule has 2 rings (SSSR count). The maximum atomic E-state index is 10.6. The van der Waals surface area contributed by atoms with E-state index in [9.17, 15) is 4.79 Å². The number of carboxylic acids is 1. The van der Waals surface area contributed by atoms with E-state index in [0.717, 1.165) is 4.90 Å². The van der Waals surface area contributed by atoms with Crippen molar-refractivity contribution in [1.82, 2.24) is 9.25 Å². The summed E-state index contributed by atoms with van der Waals surface area (Å²) in [5.74, 6) is -0.901. The minimum atomic E-state index is -0.901. The lowest BCUT2D eigenvalue weighted by atomic mass is 10.2. The van der Waals surface area contributed by atoms with Crippen LogP contribution >= 0.6 is 23.9 Å². The van der Waals surface area contributed by atoms with Gasteiger partial charge >= 0.3 is 5.97 Å². The molecule has 1 aromatic carbocycles. The molecule has 0 radical (unpaired) electrons. The molecule has 0 bridgehead atoms. The SMILES string of the molecule is O=C(O)c1ccc(SN2NC=CS2)cc1. The van der Waals surface area contributed by atoms with Crippen LogP contribution in [0.1, 0.15) is 10.4 Å². The van der Waals surface area contributed by atoms with Crippen LogP contribution in [-0.2, 0) is 0 Å². The lowest BCUT2D eigenvalue weighted by Crippen LogP contribution is -2.14. The largest absolute Gasteiger partial charge is 0.478 e. The highest BCUT2D eigenvalue weighted by molar-refractivity contribution is 8.13. The summed E-state index contributed by atoms with van der Waals surface area (Å²) in [6.45, 7) is 0. The normalized spacial score (nSPS) is 15.2. The highest BCUT2D eigenvalue weighted by atomic mass is 32.2. The molecule has 1 heterocycles. The Morgan fingerprint density at radius 2 is 2.13 bits per heavy atom. The van der Waals surface area contributed by atoms with Crippen LogP contribution in [0.5, 0.6) is 0 Å². The summed E-state index contributed by atoms with van der Waals surface area (Å²) in [6, 6.07) is 6.76. The molecule has 0 atom stereocenters. The van der Waals surface area contributed by atoms with Gasteiger partial charge in [-0.1, -0.05) is 3.82 Å². The molecular weight excluding hydrogens is 232 g/mol. The monoisotopic (exact) mass is 240 g/mol. The predicted octanol–water partition coefficient (Wildman–Crippen LogP) is 2.33. The van der Waals surface area contributed by atoms with E-state index in [1.54, 1.807) is 24.3 Å². The Labute approximate surface area is 95.6 Å². The van der Waals surface area contributed by atoms with Gasteiger partial charge in [0.1, 0.15) is 0 Å². The van der Waals surface area contributed by atoms with Crippen molar-refractivity contribution in [3.05, 3.63) is 41.4 Å². The molecule has 4 nitrogen and oxygen atoms in total. The van der Waals surface area contributed by atoms with Crippen molar-refractivity contribution in [3.8, 4) is 0 Å². The second kappa shape index (κ2) is 4.61. The van der Waals surface area contributed by atoms with E-state index in [4.69, 9.17) is 5.11 Å². The van der Waals surface area contributed by atoms with E-state index in [0.29, 0.717) is 5.56 Å². The van der Waals surface area contributed by atoms with Crippen LogP contribution in [0.15, 0.2) is 40.8 Å². The number of nitrogens with zero attached hydrogens (tertiary/aromatic N) is 1. The lowest BCUT2D eigenvalue weighted by Gasteiger charge is -2.12. The number of hydrogen-bond donors (Lipinski definition) is 2. The third-order valence-corrected chi connectivity index (χ3v) is 3.48. The fourth-order valence-electron chi connectivity index (χ4n) is 1.01. The van der Waals surface area contributed by atoms with Crippen molar-refractivity contribution >= 4 is 29.9 Å². The van der Waals surface area contributed by atoms with E-state index in [-0.39, 0.29) is 0 Å². The number of carbonyl (C=O) groups is 1. The van der Waals surface area contributed by atoms with E-state index in [1.807, 2.05) is 15.4 Å². The predicted molar refractivity (Wildman–Crippen MR) is 61.0 cm³/mol. The molecule has 0 aliphatic carbocycles. The topological polar surface area (TPSA) is 52.6 Å². The van der Waals surface area contributed by atoms with Crippen molar-refractivity contribution in [2.75, 3.05) is 0 Å². The zero-order valence-corrected chi connectivity index (χ0v) is 9.22. The van der Waals surface area contributed by atoms with E-state index >= 15 is 0 Å². The number of benzene rings is 1. The molecule has 0 spiro atoms. The number of nitrogens with one attached hydrogen (secondary N) is 1. The standard InChI is InChI=1S/C9H8N2O2S2/c12-9(13)7-1-3-8(4-2-7)15-11-10-5-6-14-11/h1-6,10H,(H,12,13). The fourth-order valence-corrected chi connectivity index (χ4v) is 2.51. The van der Waals surface area contributed by atoms with Crippen LogP contribution in [0.3, 0.4) is 0 Å². The van der Waals surface area contributed by atoms with Crippen LogP contribution in [-0.4, -0.2) is 14.9 Å². The molecule has 1 aliphatic heterocycles. The first-order valence-corrected chi connectivity index (χ1v) is 5.76. The molecule has 1 aliphatic rings. The summed E-state index contributed by atoms with van der Waals surface area (Å²) in [5, 5.41) is 10.6. The maximum absolute atomic E-state index is 10.6. The Morgan fingerprint density at radius 3 is 2.67 bits per heavy atom. The van der Waals surface area contributed by atoms with Gasteiger partial charge in [-0.05, 0) is 48.2 Å². The van der Waals surface area contributed by atoms with Gasteiger partial charge in [0.25, 0.3) is 0 Å². The molecule has 0 saturated heterocycles. The number of hydrazine groups is 1. The summed E-state index contributed by atoms with van der Waals surface area (Å²) in [7, 11) is 0. The maximum Gasteiger partial charge on any atom is 0.335 e. The molecule has 6 heteroatoms. The van der Waals surface area contributed by atoms with Gasteiger partial charge in [-0.15, -0.1) is 0 Å². The second-order valence-corrected chi connectivity index (χ2v) is 4.81. The molecule has 15 heavy (non-hydrogen) atoms. The Morgan fingerprint density at radius 1 is 1.40 bits per heavy atom. The van der Waals surface area contributed by atoms with Gasteiger partial charge in [0.15, 0.2) is 0 Å². The molecule has 2 N–H and O–H groups in total. The molecule has 0 unspecified atom stereocenters. The minimum Gasteiger partial charge on any atom is -0.478 e. The van der Waals surface area contributed by atoms with Crippen molar-refractivity contribution < 1.29 is 9.90 Å². The van der Waals surface area contributed by atoms with Gasteiger partial charge in [0.05, 0.1) is 5.56 Å². The van der Waals surface area contributed by atoms with Crippen LogP contribution in [0.2, 0.25) is 0 Å². The van der Waals surface area contributed by atoms with E-state index in [2.05, 4.69) is 5.43 Å². The number of hydrogen-bond acceptors (Lipinski definition) is 5. The number of carboxylic acid groups (broad SMARTS) is 1.